The van der Waals surface area contributed by atoms with Crippen LogP contribution in [0, 0.1) is 6.92 Å². The summed E-state index contributed by atoms with van der Waals surface area (Å²) in [6, 6.07) is 8.30. The van der Waals surface area contributed by atoms with E-state index in [0.717, 1.165) is 37.7 Å². The second-order valence-electron chi connectivity index (χ2n) is 4.59. The zero-order chi connectivity index (χ0) is 12.5. The molecule has 1 aromatic heterocycles. The number of rotatable bonds is 1. The molecule has 4 nitrogen and oxygen atoms in total. The molecule has 0 atom stereocenters. The van der Waals surface area contributed by atoms with Crippen molar-refractivity contribution in [3.63, 3.8) is 0 Å². The number of morpholine rings is 1. The van der Waals surface area contributed by atoms with E-state index >= 15 is 0 Å². The lowest BCUT2D eigenvalue weighted by atomic mass is 10.1. The predicted octanol–water partition coefficient (Wildman–Crippen LogP) is 1.96. The molecule has 1 saturated heterocycles. The van der Waals surface area contributed by atoms with Gasteiger partial charge in [0.15, 0.2) is 0 Å². The third kappa shape index (κ3) is 1.78. The van der Waals surface area contributed by atoms with Gasteiger partial charge < -0.3 is 15.4 Å². The molecule has 0 radical (unpaired) electrons. The number of nitrogens with zero attached hydrogens (tertiary/aromatic N) is 2. The molecule has 1 aromatic carbocycles. The Hall–Kier alpha value is -1.81. The first-order valence-electron chi connectivity index (χ1n) is 6.25. The Balaban J connectivity index is 2.18. The summed E-state index contributed by atoms with van der Waals surface area (Å²) in [5.74, 6) is 1.60. The molecule has 1 aliphatic heterocycles. The number of nitrogens with two attached hydrogens (primary N) is 1. The maximum absolute atomic E-state index is 6.02. The van der Waals surface area contributed by atoms with Crippen molar-refractivity contribution < 1.29 is 4.74 Å². The summed E-state index contributed by atoms with van der Waals surface area (Å²) in [6.45, 7) is 5.28. The Labute approximate surface area is 106 Å². The number of pyridine rings is 1. The molecule has 2 N–H and O–H groups in total. The molecule has 4 heteroatoms. The lowest BCUT2D eigenvalue weighted by Crippen LogP contribution is -2.37. The standard InChI is InChI=1S/C14H17N3O/c1-10-11-4-2-3-5-12(11)14(16-13(10)15)17-6-8-18-9-7-17/h2-5H,6-9H2,1H3,(H2,15,16). The number of anilines is 2. The van der Waals surface area contributed by atoms with Crippen LogP contribution < -0.4 is 10.6 Å². The summed E-state index contributed by atoms with van der Waals surface area (Å²) in [4.78, 5) is 6.82. The molecule has 1 aliphatic rings. The van der Waals surface area contributed by atoms with Crippen molar-refractivity contribution in [3.05, 3.63) is 29.8 Å². The molecule has 0 unspecified atom stereocenters. The molecule has 1 fully saturated rings. The van der Waals surface area contributed by atoms with Crippen LogP contribution in [-0.2, 0) is 4.74 Å². The zero-order valence-corrected chi connectivity index (χ0v) is 10.5. The average Bonchev–Trinajstić information content (AvgIpc) is 2.44. The van der Waals surface area contributed by atoms with E-state index in [2.05, 4.69) is 22.0 Å². The summed E-state index contributed by atoms with van der Waals surface area (Å²) in [5.41, 5.74) is 7.08. The van der Waals surface area contributed by atoms with Gasteiger partial charge in [0.25, 0.3) is 0 Å². The quantitative estimate of drug-likeness (QED) is 0.832. The largest absolute Gasteiger partial charge is 0.383 e. The topological polar surface area (TPSA) is 51.4 Å². The van der Waals surface area contributed by atoms with Gasteiger partial charge in [0.1, 0.15) is 11.6 Å². The fraction of sp³-hybridized carbons (Fsp3) is 0.357. The minimum Gasteiger partial charge on any atom is -0.383 e. The molecule has 2 aromatic rings. The van der Waals surface area contributed by atoms with Crippen LogP contribution in [0.1, 0.15) is 5.56 Å². The maximum atomic E-state index is 6.02. The molecule has 3 rings (SSSR count). The second kappa shape index (κ2) is 4.46. The normalized spacial score (nSPS) is 16.2. The highest BCUT2D eigenvalue weighted by atomic mass is 16.5. The number of hydrogen-bond donors (Lipinski definition) is 1. The van der Waals surface area contributed by atoms with Gasteiger partial charge >= 0.3 is 0 Å². The predicted molar refractivity (Wildman–Crippen MR) is 73.9 cm³/mol. The number of fused-ring (bicyclic) bond motifs is 1. The number of benzene rings is 1. The summed E-state index contributed by atoms with van der Waals surface area (Å²) >= 11 is 0. The van der Waals surface area contributed by atoms with Crippen molar-refractivity contribution in [3.8, 4) is 0 Å². The SMILES string of the molecule is Cc1c(N)nc(N2CCOCC2)c2ccccc12. The second-order valence-corrected chi connectivity index (χ2v) is 4.59. The van der Waals surface area contributed by atoms with Crippen LogP contribution in [0.2, 0.25) is 0 Å². The highest BCUT2D eigenvalue weighted by molar-refractivity contribution is 5.96. The fourth-order valence-electron chi connectivity index (χ4n) is 2.42. The summed E-state index contributed by atoms with van der Waals surface area (Å²) in [7, 11) is 0. The van der Waals surface area contributed by atoms with E-state index in [1.165, 1.54) is 10.8 Å². The van der Waals surface area contributed by atoms with E-state index in [4.69, 9.17) is 10.5 Å². The van der Waals surface area contributed by atoms with E-state index in [1.807, 2.05) is 19.1 Å². The average molecular weight is 243 g/mol. The van der Waals surface area contributed by atoms with Gasteiger partial charge in [-0.05, 0) is 17.9 Å². The van der Waals surface area contributed by atoms with E-state index in [0.29, 0.717) is 5.82 Å². The number of aryl methyl sites for hydroxylation is 1. The minimum atomic E-state index is 0.621. The third-order valence-corrected chi connectivity index (χ3v) is 3.49. The number of hydrogen-bond acceptors (Lipinski definition) is 4. The van der Waals surface area contributed by atoms with Crippen LogP contribution in [0.5, 0.6) is 0 Å². The number of ether oxygens (including phenoxy) is 1. The molecule has 0 bridgehead atoms. The molecule has 0 spiro atoms. The van der Waals surface area contributed by atoms with Crippen LogP contribution in [0.15, 0.2) is 24.3 Å². The Morgan fingerprint density at radius 2 is 1.83 bits per heavy atom. The molecule has 0 aliphatic carbocycles. The number of aromatic nitrogens is 1. The van der Waals surface area contributed by atoms with Gasteiger partial charge in [-0.1, -0.05) is 24.3 Å². The van der Waals surface area contributed by atoms with Gasteiger partial charge in [-0.2, -0.15) is 0 Å². The van der Waals surface area contributed by atoms with Crippen LogP contribution >= 0.6 is 0 Å². The van der Waals surface area contributed by atoms with E-state index in [-0.39, 0.29) is 0 Å². The van der Waals surface area contributed by atoms with Gasteiger partial charge in [0, 0.05) is 18.5 Å². The first kappa shape index (κ1) is 11.3. The Morgan fingerprint density at radius 1 is 1.17 bits per heavy atom. The fourth-order valence-corrected chi connectivity index (χ4v) is 2.42. The molecular weight excluding hydrogens is 226 g/mol. The minimum absolute atomic E-state index is 0.621. The van der Waals surface area contributed by atoms with Crippen molar-refractivity contribution >= 4 is 22.4 Å². The zero-order valence-electron chi connectivity index (χ0n) is 10.5. The van der Waals surface area contributed by atoms with Gasteiger partial charge in [0.2, 0.25) is 0 Å². The molecule has 0 amide bonds. The maximum Gasteiger partial charge on any atom is 0.139 e. The van der Waals surface area contributed by atoms with Gasteiger partial charge in [-0.15, -0.1) is 0 Å². The van der Waals surface area contributed by atoms with Gasteiger partial charge in [0.05, 0.1) is 13.2 Å². The van der Waals surface area contributed by atoms with E-state index < -0.39 is 0 Å². The Bertz CT molecular complexity index is 577. The number of nitrogen functional groups attached to an aromatic ring is 1. The lowest BCUT2D eigenvalue weighted by Gasteiger charge is -2.29. The Kier molecular flexibility index (Phi) is 2.80. The van der Waals surface area contributed by atoms with Crippen LogP contribution in [-0.4, -0.2) is 31.3 Å². The Morgan fingerprint density at radius 3 is 2.56 bits per heavy atom. The van der Waals surface area contributed by atoms with Crippen LogP contribution in [0.25, 0.3) is 10.8 Å². The van der Waals surface area contributed by atoms with Crippen molar-refractivity contribution in [2.24, 2.45) is 0 Å². The monoisotopic (exact) mass is 243 g/mol. The lowest BCUT2D eigenvalue weighted by molar-refractivity contribution is 0.122. The van der Waals surface area contributed by atoms with Crippen molar-refractivity contribution in [1.29, 1.82) is 0 Å². The van der Waals surface area contributed by atoms with E-state index in [9.17, 15) is 0 Å². The van der Waals surface area contributed by atoms with Crippen LogP contribution in [0.4, 0.5) is 11.6 Å². The van der Waals surface area contributed by atoms with Crippen molar-refractivity contribution in [1.82, 2.24) is 4.98 Å². The molecular formula is C14H17N3O. The summed E-state index contributed by atoms with van der Waals surface area (Å²) in [6.07, 6.45) is 0. The highest BCUT2D eigenvalue weighted by Crippen LogP contribution is 2.30. The van der Waals surface area contributed by atoms with Gasteiger partial charge in [-0.25, -0.2) is 4.98 Å². The van der Waals surface area contributed by atoms with E-state index in [1.54, 1.807) is 0 Å². The molecule has 2 heterocycles. The summed E-state index contributed by atoms with van der Waals surface area (Å²) in [5, 5.41) is 2.36. The smallest absolute Gasteiger partial charge is 0.139 e. The summed E-state index contributed by atoms with van der Waals surface area (Å²) < 4.78 is 5.39. The van der Waals surface area contributed by atoms with Crippen molar-refractivity contribution in [2.45, 2.75) is 6.92 Å². The molecule has 0 saturated carbocycles. The first-order valence-corrected chi connectivity index (χ1v) is 6.25. The molecule has 18 heavy (non-hydrogen) atoms. The van der Waals surface area contributed by atoms with Gasteiger partial charge in [-0.3, -0.25) is 0 Å². The van der Waals surface area contributed by atoms with Crippen molar-refractivity contribution in [2.75, 3.05) is 36.9 Å². The molecule has 94 valence electrons. The first-order chi connectivity index (χ1) is 8.77. The third-order valence-electron chi connectivity index (χ3n) is 3.49. The highest BCUT2D eigenvalue weighted by Gasteiger charge is 2.17. The van der Waals surface area contributed by atoms with Crippen LogP contribution in [0.3, 0.4) is 0 Å².